The van der Waals surface area contributed by atoms with Gasteiger partial charge in [-0.2, -0.15) is 0 Å². The molecule has 1 rings (SSSR count). The van der Waals surface area contributed by atoms with Gasteiger partial charge >= 0.3 is 0 Å². The molecule has 3 nitrogen and oxygen atoms in total. The molecule has 0 fully saturated rings. The molecule has 0 spiro atoms. The first-order valence-electron chi connectivity index (χ1n) is 4.88. The summed E-state index contributed by atoms with van der Waals surface area (Å²) < 4.78 is 0. The Bertz CT molecular complexity index is 235. The lowest BCUT2D eigenvalue weighted by molar-refractivity contribution is 0.669. The van der Waals surface area contributed by atoms with Crippen molar-refractivity contribution >= 4 is 11.3 Å². The average molecular weight is 199 g/mol. The van der Waals surface area contributed by atoms with E-state index in [0.29, 0.717) is 0 Å². The molecule has 0 aromatic carbocycles. The molecule has 0 saturated carbocycles. The molecule has 1 heterocycles. The second-order valence-electron chi connectivity index (χ2n) is 2.90. The Kier molecular flexibility index (Phi) is 4.93. The minimum atomic E-state index is 1.00. The van der Waals surface area contributed by atoms with Crippen molar-refractivity contribution in [2.24, 2.45) is 0 Å². The maximum atomic E-state index is 4.13. The number of rotatable bonds is 6. The Labute approximate surface area is 83.6 Å². The van der Waals surface area contributed by atoms with Crippen LogP contribution in [0.15, 0.2) is 0 Å². The summed E-state index contributed by atoms with van der Waals surface area (Å²) in [7, 11) is 0. The molecule has 13 heavy (non-hydrogen) atoms. The number of aryl methyl sites for hydroxylation is 2. The van der Waals surface area contributed by atoms with Crippen molar-refractivity contribution in [3.8, 4) is 0 Å². The van der Waals surface area contributed by atoms with E-state index >= 15 is 0 Å². The fourth-order valence-corrected chi connectivity index (χ4v) is 1.90. The van der Waals surface area contributed by atoms with Crippen LogP contribution >= 0.6 is 11.3 Å². The van der Waals surface area contributed by atoms with Gasteiger partial charge in [0.1, 0.15) is 10.0 Å². The summed E-state index contributed by atoms with van der Waals surface area (Å²) >= 11 is 1.74. The fourth-order valence-electron chi connectivity index (χ4n) is 1.07. The topological polar surface area (TPSA) is 37.8 Å². The van der Waals surface area contributed by atoms with Crippen molar-refractivity contribution in [3.05, 3.63) is 10.0 Å². The van der Waals surface area contributed by atoms with Gasteiger partial charge in [-0.3, -0.25) is 0 Å². The predicted octanol–water partition coefficient (Wildman–Crippen LogP) is 1.64. The molecule has 0 aliphatic rings. The molecule has 1 N–H and O–H groups in total. The zero-order valence-electron chi connectivity index (χ0n) is 8.34. The van der Waals surface area contributed by atoms with Crippen LogP contribution in [-0.2, 0) is 12.8 Å². The standard InChI is InChI=1S/C9H17N3S/c1-3-8-11-12-9(13-8)6-5-7-10-4-2/h10H,3-7H2,1-2H3. The van der Waals surface area contributed by atoms with E-state index in [1.807, 2.05) is 0 Å². The maximum Gasteiger partial charge on any atom is 0.117 e. The van der Waals surface area contributed by atoms with Gasteiger partial charge in [-0.05, 0) is 25.9 Å². The van der Waals surface area contributed by atoms with Crippen LogP contribution in [0, 0.1) is 0 Å². The van der Waals surface area contributed by atoms with Crippen LogP contribution in [0.3, 0.4) is 0 Å². The van der Waals surface area contributed by atoms with E-state index in [9.17, 15) is 0 Å². The van der Waals surface area contributed by atoms with E-state index < -0.39 is 0 Å². The van der Waals surface area contributed by atoms with Crippen molar-refractivity contribution in [1.29, 1.82) is 0 Å². The highest BCUT2D eigenvalue weighted by atomic mass is 32.1. The van der Waals surface area contributed by atoms with Crippen LogP contribution in [0.4, 0.5) is 0 Å². The van der Waals surface area contributed by atoms with Crippen molar-refractivity contribution < 1.29 is 0 Å². The lowest BCUT2D eigenvalue weighted by Gasteiger charge is -1.97. The molecule has 0 saturated heterocycles. The molecule has 0 aliphatic heterocycles. The van der Waals surface area contributed by atoms with Crippen LogP contribution in [-0.4, -0.2) is 23.3 Å². The summed E-state index contributed by atoms with van der Waals surface area (Å²) in [5.74, 6) is 0. The quantitative estimate of drug-likeness (QED) is 0.708. The van der Waals surface area contributed by atoms with Gasteiger partial charge in [-0.25, -0.2) is 0 Å². The summed E-state index contributed by atoms with van der Waals surface area (Å²) in [5.41, 5.74) is 0. The summed E-state index contributed by atoms with van der Waals surface area (Å²) in [6.45, 7) is 6.37. The second kappa shape index (κ2) is 6.05. The Hall–Kier alpha value is -0.480. The minimum absolute atomic E-state index is 1.00. The summed E-state index contributed by atoms with van der Waals surface area (Å²) in [6.07, 6.45) is 3.22. The van der Waals surface area contributed by atoms with Crippen LogP contribution in [0.5, 0.6) is 0 Å². The van der Waals surface area contributed by atoms with Gasteiger partial charge < -0.3 is 5.32 Å². The summed E-state index contributed by atoms with van der Waals surface area (Å²) in [4.78, 5) is 0. The molecule has 0 unspecified atom stereocenters. The van der Waals surface area contributed by atoms with Crippen LogP contribution in [0.1, 0.15) is 30.3 Å². The molecular formula is C9H17N3S. The third-order valence-corrected chi connectivity index (χ3v) is 2.93. The van der Waals surface area contributed by atoms with Crippen molar-refractivity contribution in [1.82, 2.24) is 15.5 Å². The number of hydrogen-bond acceptors (Lipinski definition) is 4. The second-order valence-corrected chi connectivity index (χ2v) is 4.05. The van der Waals surface area contributed by atoms with Crippen molar-refractivity contribution in [2.75, 3.05) is 13.1 Å². The largest absolute Gasteiger partial charge is 0.317 e. The van der Waals surface area contributed by atoms with E-state index in [2.05, 4.69) is 29.4 Å². The van der Waals surface area contributed by atoms with E-state index in [1.54, 1.807) is 11.3 Å². The molecule has 74 valence electrons. The van der Waals surface area contributed by atoms with E-state index in [4.69, 9.17) is 0 Å². The highest BCUT2D eigenvalue weighted by molar-refractivity contribution is 7.11. The average Bonchev–Trinajstić information content (AvgIpc) is 2.60. The molecule has 0 aliphatic carbocycles. The summed E-state index contributed by atoms with van der Waals surface area (Å²) in [6, 6.07) is 0. The van der Waals surface area contributed by atoms with Gasteiger partial charge in [0.2, 0.25) is 0 Å². The van der Waals surface area contributed by atoms with Crippen LogP contribution in [0.2, 0.25) is 0 Å². The number of nitrogens with one attached hydrogen (secondary N) is 1. The highest BCUT2D eigenvalue weighted by Crippen LogP contribution is 2.11. The van der Waals surface area contributed by atoms with Crippen molar-refractivity contribution in [3.63, 3.8) is 0 Å². The van der Waals surface area contributed by atoms with Gasteiger partial charge in [0.25, 0.3) is 0 Å². The first kappa shape index (κ1) is 10.6. The van der Waals surface area contributed by atoms with Crippen LogP contribution < -0.4 is 5.32 Å². The van der Waals surface area contributed by atoms with Gasteiger partial charge in [0, 0.05) is 6.42 Å². The first-order chi connectivity index (χ1) is 6.36. The first-order valence-corrected chi connectivity index (χ1v) is 5.70. The SMILES string of the molecule is CCNCCCc1nnc(CC)s1. The molecule has 0 radical (unpaired) electrons. The van der Waals surface area contributed by atoms with Crippen LogP contribution in [0.25, 0.3) is 0 Å². The Balaban J connectivity index is 2.20. The van der Waals surface area contributed by atoms with Gasteiger partial charge in [-0.1, -0.05) is 13.8 Å². The van der Waals surface area contributed by atoms with E-state index in [-0.39, 0.29) is 0 Å². The molecule has 0 atom stereocenters. The van der Waals surface area contributed by atoms with E-state index in [1.165, 1.54) is 5.01 Å². The number of hydrogen-bond donors (Lipinski definition) is 1. The Morgan fingerprint density at radius 2 is 2.00 bits per heavy atom. The maximum absolute atomic E-state index is 4.13. The Morgan fingerprint density at radius 1 is 1.23 bits per heavy atom. The monoisotopic (exact) mass is 199 g/mol. The molecule has 4 heteroatoms. The Morgan fingerprint density at radius 3 is 2.62 bits per heavy atom. The lowest BCUT2D eigenvalue weighted by Crippen LogP contribution is -2.14. The molecule has 0 bridgehead atoms. The van der Waals surface area contributed by atoms with Gasteiger partial charge in [0.15, 0.2) is 0 Å². The molecule has 1 aromatic rings. The minimum Gasteiger partial charge on any atom is -0.317 e. The smallest absolute Gasteiger partial charge is 0.117 e. The third-order valence-electron chi connectivity index (χ3n) is 1.81. The number of nitrogens with zero attached hydrogens (tertiary/aromatic N) is 2. The predicted molar refractivity (Wildman–Crippen MR) is 56.2 cm³/mol. The lowest BCUT2D eigenvalue weighted by atomic mass is 10.3. The highest BCUT2D eigenvalue weighted by Gasteiger charge is 2.00. The zero-order valence-corrected chi connectivity index (χ0v) is 9.15. The number of aromatic nitrogens is 2. The van der Waals surface area contributed by atoms with Gasteiger partial charge in [-0.15, -0.1) is 21.5 Å². The molecule has 0 amide bonds. The van der Waals surface area contributed by atoms with Crippen molar-refractivity contribution in [2.45, 2.75) is 33.1 Å². The van der Waals surface area contributed by atoms with Gasteiger partial charge in [0.05, 0.1) is 0 Å². The fraction of sp³-hybridized carbons (Fsp3) is 0.778. The zero-order chi connectivity index (χ0) is 9.52. The molecular weight excluding hydrogens is 182 g/mol. The summed E-state index contributed by atoms with van der Waals surface area (Å²) in [5, 5.41) is 13.8. The molecule has 1 aromatic heterocycles. The normalized spacial score (nSPS) is 10.6. The van der Waals surface area contributed by atoms with E-state index in [0.717, 1.165) is 37.4 Å². The third kappa shape index (κ3) is 3.83.